The first-order valence-corrected chi connectivity index (χ1v) is 7.65. The zero-order valence-corrected chi connectivity index (χ0v) is 12.8. The Kier molecular flexibility index (Phi) is 4.99. The van der Waals surface area contributed by atoms with Crippen molar-refractivity contribution >= 4 is 39.1 Å². The van der Waals surface area contributed by atoms with Crippen LogP contribution >= 0.6 is 22.9 Å². The third-order valence-electron chi connectivity index (χ3n) is 2.86. The van der Waals surface area contributed by atoms with Gasteiger partial charge in [-0.3, -0.25) is 4.79 Å². The highest BCUT2D eigenvalue weighted by atomic mass is 35.5. The zero-order chi connectivity index (χ0) is 14.5. The van der Waals surface area contributed by atoms with Gasteiger partial charge in [0.05, 0.1) is 16.8 Å². The summed E-state index contributed by atoms with van der Waals surface area (Å²) in [5.41, 5.74) is 0.958. The van der Waals surface area contributed by atoms with Gasteiger partial charge in [0.25, 0.3) is 0 Å². The molecule has 1 heterocycles. The largest absolute Gasteiger partial charge is 0.305 e. The van der Waals surface area contributed by atoms with Gasteiger partial charge in [-0.2, -0.15) is 4.99 Å². The van der Waals surface area contributed by atoms with E-state index in [-0.39, 0.29) is 5.91 Å². The number of fused-ring (bicyclic) bond motifs is 1. The van der Waals surface area contributed by atoms with Crippen LogP contribution in [0.1, 0.15) is 26.2 Å². The number of aromatic nitrogens is 1. The number of rotatable bonds is 4. The topological polar surface area (TPSA) is 34.4 Å². The Morgan fingerprint density at radius 3 is 3.05 bits per heavy atom. The maximum absolute atomic E-state index is 11.8. The molecule has 0 aliphatic heterocycles. The molecule has 0 aliphatic rings. The molecular formula is C15H15ClN2OS. The first-order valence-electron chi connectivity index (χ1n) is 6.45. The SMILES string of the molecule is C#CCn1c(=NC(=O)CCCC)sc2cc(Cl)ccc21. The van der Waals surface area contributed by atoms with Crippen molar-refractivity contribution in [2.75, 3.05) is 0 Å². The van der Waals surface area contributed by atoms with E-state index in [1.165, 1.54) is 11.3 Å². The average Bonchev–Trinajstić information content (AvgIpc) is 2.74. The summed E-state index contributed by atoms with van der Waals surface area (Å²) in [6.45, 7) is 2.44. The fraction of sp³-hybridized carbons (Fsp3) is 0.333. The molecule has 3 nitrogen and oxygen atoms in total. The molecule has 0 N–H and O–H groups in total. The summed E-state index contributed by atoms with van der Waals surface area (Å²) in [6, 6.07) is 5.58. The Labute approximate surface area is 126 Å². The highest BCUT2D eigenvalue weighted by Gasteiger charge is 2.07. The molecule has 2 aromatic rings. The fourth-order valence-corrected chi connectivity index (χ4v) is 3.19. The number of hydrogen-bond acceptors (Lipinski definition) is 2. The minimum atomic E-state index is -0.102. The molecular weight excluding hydrogens is 292 g/mol. The predicted molar refractivity (Wildman–Crippen MR) is 83.8 cm³/mol. The van der Waals surface area contributed by atoms with E-state index in [1.54, 1.807) is 0 Å². The van der Waals surface area contributed by atoms with E-state index in [0.717, 1.165) is 23.1 Å². The van der Waals surface area contributed by atoms with Gasteiger partial charge in [-0.15, -0.1) is 6.42 Å². The maximum atomic E-state index is 11.8. The maximum Gasteiger partial charge on any atom is 0.248 e. The van der Waals surface area contributed by atoms with E-state index in [4.69, 9.17) is 18.0 Å². The molecule has 20 heavy (non-hydrogen) atoms. The van der Waals surface area contributed by atoms with Crippen molar-refractivity contribution in [3.05, 3.63) is 28.0 Å². The molecule has 0 unspecified atom stereocenters. The second-order valence-electron chi connectivity index (χ2n) is 4.40. The summed E-state index contributed by atoms with van der Waals surface area (Å²) in [6.07, 6.45) is 7.71. The molecule has 1 amide bonds. The summed E-state index contributed by atoms with van der Waals surface area (Å²) < 4.78 is 2.86. The number of halogens is 1. The summed E-state index contributed by atoms with van der Waals surface area (Å²) in [7, 11) is 0. The third-order valence-corrected chi connectivity index (χ3v) is 4.13. The summed E-state index contributed by atoms with van der Waals surface area (Å²) in [4.78, 5) is 16.6. The van der Waals surface area contributed by atoms with Gasteiger partial charge in [-0.25, -0.2) is 0 Å². The first-order chi connectivity index (χ1) is 9.65. The molecule has 0 fully saturated rings. The zero-order valence-electron chi connectivity index (χ0n) is 11.2. The number of thiazole rings is 1. The lowest BCUT2D eigenvalue weighted by Crippen LogP contribution is -2.16. The lowest BCUT2D eigenvalue weighted by Gasteiger charge is -1.99. The van der Waals surface area contributed by atoms with Gasteiger partial charge in [0.15, 0.2) is 4.80 Å². The van der Waals surface area contributed by atoms with E-state index in [1.807, 2.05) is 29.7 Å². The van der Waals surface area contributed by atoms with Crippen LogP contribution in [0.2, 0.25) is 5.02 Å². The number of carbonyl (C=O) groups excluding carboxylic acids is 1. The van der Waals surface area contributed by atoms with Crippen LogP contribution in [0.25, 0.3) is 10.2 Å². The number of amides is 1. The molecule has 0 bridgehead atoms. The Balaban J connectivity index is 2.51. The fourth-order valence-electron chi connectivity index (χ4n) is 1.87. The Morgan fingerprint density at radius 2 is 2.35 bits per heavy atom. The molecule has 0 saturated carbocycles. The van der Waals surface area contributed by atoms with Gasteiger partial charge >= 0.3 is 0 Å². The predicted octanol–water partition coefficient (Wildman–Crippen LogP) is 3.61. The first kappa shape index (κ1) is 14.8. The molecule has 104 valence electrons. The Hall–Kier alpha value is -1.57. The second kappa shape index (κ2) is 6.74. The standard InChI is InChI=1S/C15H15ClN2OS/c1-3-5-6-14(19)17-15-18(9-4-2)12-8-7-11(16)10-13(12)20-15/h2,7-8,10H,3,5-6,9H2,1H3. The van der Waals surface area contributed by atoms with Crippen molar-refractivity contribution in [2.45, 2.75) is 32.7 Å². The average molecular weight is 307 g/mol. The van der Waals surface area contributed by atoms with Crippen molar-refractivity contribution in [3.63, 3.8) is 0 Å². The Bertz CT molecular complexity index is 736. The highest BCUT2D eigenvalue weighted by molar-refractivity contribution is 7.16. The number of unbranched alkanes of at least 4 members (excludes halogenated alkanes) is 1. The van der Waals surface area contributed by atoms with Crippen molar-refractivity contribution in [3.8, 4) is 12.3 Å². The highest BCUT2D eigenvalue weighted by Crippen LogP contribution is 2.21. The van der Waals surface area contributed by atoms with Crippen LogP contribution in [0.15, 0.2) is 23.2 Å². The molecule has 1 aromatic heterocycles. The number of benzene rings is 1. The number of nitrogens with zero attached hydrogens (tertiary/aromatic N) is 2. The minimum absolute atomic E-state index is 0.102. The van der Waals surface area contributed by atoms with Crippen LogP contribution in [0.5, 0.6) is 0 Å². The molecule has 0 aliphatic carbocycles. The van der Waals surface area contributed by atoms with Crippen LogP contribution in [-0.2, 0) is 11.3 Å². The van der Waals surface area contributed by atoms with E-state index in [9.17, 15) is 4.79 Å². The van der Waals surface area contributed by atoms with Crippen molar-refractivity contribution in [1.29, 1.82) is 0 Å². The number of terminal acetylenes is 1. The molecule has 0 spiro atoms. The van der Waals surface area contributed by atoms with Gasteiger partial charge in [0.2, 0.25) is 5.91 Å². The van der Waals surface area contributed by atoms with Gasteiger partial charge in [0, 0.05) is 11.4 Å². The van der Waals surface area contributed by atoms with Crippen LogP contribution in [0, 0.1) is 12.3 Å². The summed E-state index contributed by atoms with van der Waals surface area (Å²) in [5.74, 6) is 2.50. The molecule has 0 saturated heterocycles. The van der Waals surface area contributed by atoms with Gasteiger partial charge in [-0.1, -0.05) is 42.2 Å². The van der Waals surface area contributed by atoms with E-state index in [2.05, 4.69) is 10.9 Å². The van der Waals surface area contributed by atoms with Crippen molar-refractivity contribution < 1.29 is 4.79 Å². The smallest absolute Gasteiger partial charge is 0.248 e. The second-order valence-corrected chi connectivity index (χ2v) is 5.84. The van der Waals surface area contributed by atoms with Crippen LogP contribution in [0.3, 0.4) is 0 Å². The van der Waals surface area contributed by atoms with E-state index < -0.39 is 0 Å². The summed E-state index contributed by atoms with van der Waals surface area (Å²) >= 11 is 7.43. The molecule has 2 rings (SSSR count). The van der Waals surface area contributed by atoms with E-state index in [0.29, 0.717) is 22.8 Å². The third kappa shape index (κ3) is 3.30. The molecule has 0 radical (unpaired) electrons. The minimum Gasteiger partial charge on any atom is -0.305 e. The Morgan fingerprint density at radius 1 is 1.55 bits per heavy atom. The van der Waals surface area contributed by atoms with Crippen molar-refractivity contribution in [2.24, 2.45) is 4.99 Å². The van der Waals surface area contributed by atoms with Crippen LogP contribution in [0.4, 0.5) is 0 Å². The van der Waals surface area contributed by atoms with Gasteiger partial charge in [-0.05, 0) is 24.6 Å². The van der Waals surface area contributed by atoms with Gasteiger partial charge in [0.1, 0.15) is 0 Å². The normalized spacial score (nSPS) is 11.8. The lowest BCUT2D eigenvalue weighted by molar-refractivity contribution is -0.118. The summed E-state index contributed by atoms with van der Waals surface area (Å²) in [5, 5.41) is 0.662. The number of hydrogen-bond donors (Lipinski definition) is 0. The molecule has 1 aromatic carbocycles. The molecule has 5 heteroatoms. The van der Waals surface area contributed by atoms with Gasteiger partial charge < -0.3 is 4.57 Å². The number of carbonyl (C=O) groups is 1. The quantitative estimate of drug-likeness (QED) is 0.795. The van der Waals surface area contributed by atoms with Crippen molar-refractivity contribution in [1.82, 2.24) is 4.57 Å². The molecule has 0 atom stereocenters. The lowest BCUT2D eigenvalue weighted by atomic mass is 10.2. The monoisotopic (exact) mass is 306 g/mol. The van der Waals surface area contributed by atoms with Crippen LogP contribution in [-0.4, -0.2) is 10.5 Å². The van der Waals surface area contributed by atoms with E-state index >= 15 is 0 Å². The van der Waals surface area contributed by atoms with Crippen LogP contribution < -0.4 is 4.80 Å².